The Kier molecular flexibility index (Phi) is 4.64. The van der Waals surface area contributed by atoms with E-state index in [2.05, 4.69) is 6.92 Å². The van der Waals surface area contributed by atoms with E-state index in [1.807, 2.05) is 0 Å². The van der Waals surface area contributed by atoms with Crippen LogP contribution in [0.15, 0.2) is 24.3 Å². The molecule has 0 aromatic heterocycles. The number of hydrogen-bond acceptors (Lipinski definition) is 4. The lowest BCUT2D eigenvalue weighted by Gasteiger charge is -2.24. The van der Waals surface area contributed by atoms with Crippen molar-refractivity contribution in [3.8, 4) is 0 Å². The highest BCUT2D eigenvalue weighted by atomic mass is 16.7. The molecule has 2 amide bonds. The summed E-state index contributed by atoms with van der Waals surface area (Å²) in [6.45, 7) is 5.62. The Morgan fingerprint density at radius 1 is 1.09 bits per heavy atom. The van der Waals surface area contributed by atoms with E-state index in [9.17, 15) is 14.4 Å². The molecule has 2 rings (SSSR count). The summed E-state index contributed by atoms with van der Waals surface area (Å²) in [7, 11) is 0. The number of imide groups is 1. The van der Waals surface area contributed by atoms with Crippen LogP contribution in [-0.4, -0.2) is 22.8 Å². The number of nitrogens with zero attached hydrogens (tertiary/aromatic N) is 1. The minimum atomic E-state index is -0.732. The van der Waals surface area contributed by atoms with Crippen LogP contribution in [0.4, 0.5) is 0 Å². The van der Waals surface area contributed by atoms with E-state index in [0.717, 1.165) is 19.3 Å². The fraction of sp³-hybridized carbons (Fsp3) is 0.471. The van der Waals surface area contributed by atoms with Gasteiger partial charge in [-0.05, 0) is 32.4 Å². The molecule has 1 heterocycles. The minimum absolute atomic E-state index is 0.268. The Morgan fingerprint density at radius 2 is 1.64 bits per heavy atom. The van der Waals surface area contributed by atoms with Gasteiger partial charge in [0.05, 0.1) is 16.5 Å². The zero-order chi connectivity index (χ0) is 16.3. The van der Waals surface area contributed by atoms with Crippen molar-refractivity contribution in [2.24, 2.45) is 5.41 Å². The Morgan fingerprint density at radius 3 is 2.14 bits per heavy atom. The molecule has 0 spiro atoms. The topological polar surface area (TPSA) is 63.7 Å². The number of carbonyl (C=O) groups is 3. The highest BCUT2D eigenvalue weighted by Crippen LogP contribution is 2.29. The first-order chi connectivity index (χ1) is 10.4. The molecular weight excluding hydrogens is 282 g/mol. The van der Waals surface area contributed by atoms with Crippen molar-refractivity contribution in [1.82, 2.24) is 5.06 Å². The predicted octanol–water partition coefficient (Wildman–Crippen LogP) is 3.35. The summed E-state index contributed by atoms with van der Waals surface area (Å²) in [4.78, 5) is 41.7. The summed E-state index contributed by atoms with van der Waals surface area (Å²) in [5.74, 6) is -1.73. The third-order valence-corrected chi connectivity index (χ3v) is 3.89. The van der Waals surface area contributed by atoms with E-state index in [1.165, 1.54) is 0 Å². The molecule has 0 unspecified atom stereocenters. The molecule has 0 radical (unpaired) electrons. The van der Waals surface area contributed by atoms with Crippen molar-refractivity contribution < 1.29 is 19.2 Å². The van der Waals surface area contributed by atoms with Crippen LogP contribution in [0.25, 0.3) is 0 Å². The maximum Gasteiger partial charge on any atom is 0.338 e. The monoisotopic (exact) mass is 303 g/mol. The van der Waals surface area contributed by atoms with Gasteiger partial charge in [0.25, 0.3) is 11.8 Å². The third-order valence-electron chi connectivity index (χ3n) is 3.89. The third kappa shape index (κ3) is 3.03. The van der Waals surface area contributed by atoms with Gasteiger partial charge in [0.15, 0.2) is 0 Å². The predicted molar refractivity (Wildman–Crippen MR) is 81.0 cm³/mol. The number of rotatable bonds is 6. The molecule has 22 heavy (non-hydrogen) atoms. The molecule has 0 saturated carbocycles. The van der Waals surface area contributed by atoms with Gasteiger partial charge in [-0.25, -0.2) is 4.79 Å². The number of unbranched alkanes of at least 4 members (excludes halogenated alkanes) is 2. The molecule has 1 aliphatic rings. The Balaban J connectivity index is 2.07. The number of hydroxylamine groups is 2. The van der Waals surface area contributed by atoms with Gasteiger partial charge in [0.1, 0.15) is 0 Å². The van der Waals surface area contributed by atoms with Crippen LogP contribution in [0, 0.1) is 5.41 Å². The molecule has 1 aromatic rings. The maximum absolute atomic E-state index is 12.3. The van der Waals surface area contributed by atoms with Crippen molar-refractivity contribution in [3.63, 3.8) is 0 Å². The standard InChI is InChI=1S/C17H21NO4/c1-4-5-8-11-17(2,3)16(21)22-18-14(19)12-9-6-7-10-13(12)15(18)20/h6-7,9-10H,4-5,8,11H2,1-3H3. The van der Waals surface area contributed by atoms with Gasteiger partial charge in [-0.1, -0.05) is 43.4 Å². The van der Waals surface area contributed by atoms with Crippen LogP contribution < -0.4 is 0 Å². The van der Waals surface area contributed by atoms with Gasteiger partial charge in [0.2, 0.25) is 0 Å². The summed E-state index contributed by atoms with van der Waals surface area (Å²) in [5.41, 5.74) is -0.196. The molecule has 0 fully saturated rings. The van der Waals surface area contributed by atoms with Gasteiger partial charge in [-0.3, -0.25) is 9.59 Å². The lowest BCUT2D eigenvalue weighted by atomic mass is 9.87. The van der Waals surface area contributed by atoms with Crippen molar-refractivity contribution >= 4 is 17.8 Å². The van der Waals surface area contributed by atoms with Gasteiger partial charge in [0, 0.05) is 0 Å². The zero-order valence-electron chi connectivity index (χ0n) is 13.2. The average molecular weight is 303 g/mol. The van der Waals surface area contributed by atoms with Gasteiger partial charge >= 0.3 is 5.97 Å². The second-order valence-corrected chi connectivity index (χ2v) is 6.17. The minimum Gasteiger partial charge on any atom is -0.329 e. The van der Waals surface area contributed by atoms with Crippen LogP contribution in [0.2, 0.25) is 0 Å². The van der Waals surface area contributed by atoms with Gasteiger partial charge in [-0.2, -0.15) is 0 Å². The van der Waals surface area contributed by atoms with Crippen molar-refractivity contribution in [3.05, 3.63) is 35.4 Å². The number of carbonyl (C=O) groups excluding carboxylic acids is 3. The summed E-state index contributed by atoms with van der Waals surface area (Å²) in [6, 6.07) is 6.44. The SMILES string of the molecule is CCCCCC(C)(C)C(=O)ON1C(=O)c2ccccc2C1=O. The summed E-state index contributed by atoms with van der Waals surface area (Å²) in [5, 5.41) is 0.578. The molecule has 1 aromatic carbocycles. The molecule has 118 valence electrons. The smallest absolute Gasteiger partial charge is 0.329 e. The van der Waals surface area contributed by atoms with Gasteiger partial charge < -0.3 is 4.84 Å². The Labute approximate surface area is 130 Å². The average Bonchev–Trinajstić information content (AvgIpc) is 2.73. The maximum atomic E-state index is 12.3. The van der Waals surface area contributed by atoms with E-state index in [1.54, 1.807) is 38.1 Å². The molecule has 0 aliphatic carbocycles. The Bertz CT molecular complexity index is 571. The summed E-state index contributed by atoms with van der Waals surface area (Å²) < 4.78 is 0. The first-order valence-corrected chi connectivity index (χ1v) is 7.58. The molecule has 5 heteroatoms. The lowest BCUT2D eigenvalue weighted by Crippen LogP contribution is -2.38. The fourth-order valence-corrected chi connectivity index (χ4v) is 2.38. The van der Waals surface area contributed by atoms with E-state index in [0.29, 0.717) is 11.5 Å². The lowest BCUT2D eigenvalue weighted by molar-refractivity contribution is -0.179. The number of benzene rings is 1. The Hall–Kier alpha value is -2.17. The largest absolute Gasteiger partial charge is 0.338 e. The highest BCUT2D eigenvalue weighted by Gasteiger charge is 2.41. The van der Waals surface area contributed by atoms with E-state index >= 15 is 0 Å². The molecule has 0 atom stereocenters. The fourth-order valence-electron chi connectivity index (χ4n) is 2.38. The summed E-state index contributed by atoms with van der Waals surface area (Å²) >= 11 is 0. The molecule has 5 nitrogen and oxygen atoms in total. The molecule has 0 saturated heterocycles. The second kappa shape index (κ2) is 6.30. The zero-order valence-corrected chi connectivity index (χ0v) is 13.2. The van der Waals surface area contributed by atoms with Crippen LogP contribution in [-0.2, 0) is 9.63 Å². The highest BCUT2D eigenvalue weighted by molar-refractivity contribution is 6.20. The van der Waals surface area contributed by atoms with Crippen LogP contribution >= 0.6 is 0 Å². The van der Waals surface area contributed by atoms with E-state index in [-0.39, 0.29) is 11.1 Å². The number of amides is 2. The molecule has 0 N–H and O–H groups in total. The molecular formula is C17H21NO4. The number of fused-ring (bicyclic) bond motifs is 1. The van der Waals surface area contributed by atoms with Gasteiger partial charge in [-0.15, -0.1) is 0 Å². The van der Waals surface area contributed by atoms with Crippen LogP contribution in [0.1, 0.15) is 67.2 Å². The number of hydrogen-bond donors (Lipinski definition) is 0. The van der Waals surface area contributed by atoms with E-state index < -0.39 is 23.2 Å². The molecule has 1 aliphatic heterocycles. The van der Waals surface area contributed by atoms with Crippen molar-refractivity contribution in [2.75, 3.05) is 0 Å². The van der Waals surface area contributed by atoms with E-state index in [4.69, 9.17) is 4.84 Å². The van der Waals surface area contributed by atoms with Crippen molar-refractivity contribution in [2.45, 2.75) is 46.5 Å². The quantitative estimate of drug-likeness (QED) is 0.597. The second-order valence-electron chi connectivity index (χ2n) is 6.17. The first kappa shape index (κ1) is 16.2. The van der Waals surface area contributed by atoms with Crippen LogP contribution in [0.3, 0.4) is 0 Å². The summed E-state index contributed by atoms with van der Waals surface area (Å²) in [6.07, 6.45) is 3.65. The normalized spacial score (nSPS) is 14.2. The van der Waals surface area contributed by atoms with Crippen molar-refractivity contribution in [1.29, 1.82) is 0 Å². The molecule has 0 bridgehead atoms. The first-order valence-electron chi connectivity index (χ1n) is 7.58. The van der Waals surface area contributed by atoms with Crippen LogP contribution in [0.5, 0.6) is 0 Å².